The Bertz CT molecular complexity index is 4940. The Balaban J connectivity index is 0.000000268. The molecule has 5 atom stereocenters. The quantitative estimate of drug-likeness (QED) is 0.0151. The lowest BCUT2D eigenvalue weighted by Gasteiger charge is -2.18. The van der Waals surface area contributed by atoms with E-state index in [0.29, 0.717) is 121 Å². The van der Waals surface area contributed by atoms with Crippen LogP contribution in [-0.2, 0) is 177 Å². The van der Waals surface area contributed by atoms with E-state index in [2.05, 4.69) is 31.1 Å². The maximum atomic E-state index is 12.4. The molecule has 140 heavy (non-hydrogen) atoms. The third-order valence-electron chi connectivity index (χ3n) is 20.3. The highest BCUT2D eigenvalue weighted by Gasteiger charge is 2.39. The van der Waals surface area contributed by atoms with Crippen LogP contribution < -0.4 is 23.7 Å². The van der Waals surface area contributed by atoms with E-state index in [1.165, 1.54) is 14.2 Å². The Labute approximate surface area is 804 Å². The topological polar surface area (TPSA) is 542 Å². The Morgan fingerprint density at radius 2 is 0.493 bits per heavy atom. The average Bonchev–Trinajstić information content (AvgIpc) is 1.67. The molecule has 0 bridgehead atoms. The van der Waals surface area contributed by atoms with E-state index in [-0.39, 0.29) is 164 Å². The van der Waals surface area contributed by atoms with E-state index in [0.717, 1.165) is 32.1 Å². The van der Waals surface area contributed by atoms with E-state index in [9.17, 15) is 95.9 Å². The molecule has 0 radical (unpaired) electrons. The van der Waals surface area contributed by atoms with Crippen LogP contribution in [0.4, 0.5) is 24.0 Å². The van der Waals surface area contributed by atoms with Crippen molar-refractivity contribution >= 4 is 120 Å². The summed E-state index contributed by atoms with van der Waals surface area (Å²) in [5.74, 6) is -7.35. The van der Waals surface area contributed by atoms with Crippen LogP contribution in [0.2, 0.25) is 0 Å². The van der Waals surface area contributed by atoms with Gasteiger partial charge in [0.05, 0.1) is 49.4 Å². The second-order valence-electron chi connectivity index (χ2n) is 31.6. The van der Waals surface area contributed by atoms with Gasteiger partial charge in [-0.05, 0) is 127 Å². The fourth-order valence-corrected chi connectivity index (χ4v) is 12.3. The highest BCUT2D eigenvalue weighted by Crippen LogP contribution is 2.27. The Hall–Kier alpha value is -14.7. The third kappa shape index (κ3) is 40.2. The van der Waals surface area contributed by atoms with Crippen LogP contribution in [0.3, 0.4) is 0 Å². The minimum absolute atomic E-state index is 0.00828. The van der Waals surface area contributed by atoms with Crippen LogP contribution in [-0.4, -0.2) is 214 Å². The summed E-state index contributed by atoms with van der Waals surface area (Å²) < 4.78 is 76.0. The minimum atomic E-state index is -1.16. The Morgan fingerprint density at radius 3 is 0.736 bits per heavy atom. The van der Waals surface area contributed by atoms with Gasteiger partial charge in [0.25, 0.3) is 59.1 Å². The lowest BCUT2D eigenvalue weighted by atomic mass is 9.97. The predicted octanol–water partition coefficient (Wildman–Crippen LogP) is 11.7. The van der Waals surface area contributed by atoms with Gasteiger partial charge in [-0.2, -0.15) is 0 Å². The molecule has 10 rings (SSSR count). The van der Waals surface area contributed by atoms with Gasteiger partial charge in [0.1, 0.15) is 61.8 Å². The smallest absolute Gasteiger partial charge is 0.428 e. The second kappa shape index (κ2) is 60.8. The zero-order chi connectivity index (χ0) is 103. The summed E-state index contributed by atoms with van der Waals surface area (Å²) in [6, 6.07) is 31.9. The molecule has 5 fully saturated rings. The van der Waals surface area contributed by atoms with Crippen molar-refractivity contribution in [1.29, 1.82) is 0 Å². The van der Waals surface area contributed by atoms with Crippen LogP contribution in [0, 0.1) is 35.5 Å². The second-order valence-corrected chi connectivity index (χ2v) is 31.6. The molecule has 5 unspecified atom stereocenters. The molecule has 760 valence electrons. The molecule has 5 aromatic rings. The third-order valence-corrected chi connectivity index (χ3v) is 20.3. The molecule has 10 amide bonds. The molecule has 5 aromatic carbocycles. The lowest BCUT2D eigenvalue weighted by molar-refractivity contribution is -0.178. The first kappa shape index (κ1) is 114. The van der Waals surface area contributed by atoms with Crippen molar-refractivity contribution in [2.75, 3.05) is 68.6 Å². The fourth-order valence-electron chi connectivity index (χ4n) is 12.3. The SMILES string of the molecule is CCCCC(CCOC)C(=O)Oc1ccc(COC(=O)ON2C(=O)CCC2=O)cc1.CCCCC(COC)C(=O)Oc1ccc(COC(=O)ON2C(=O)CCC2=O)cc1.COCC(C(=O)Oc1ccc(COC(=O)ON2C(=O)CCC2=O)cc1)C(C)C.COCC(C)C(=O)Oc1ccc(COC(=O)ON2C(=O)CCC2=O)cc1.COCCC(C)C(=O)Oc1ccc(COC(=O)ON2C(=O)CCC2=O)cc1. The number of hydroxylamine groups is 10. The van der Waals surface area contributed by atoms with E-state index in [1.807, 2.05) is 20.8 Å². The van der Waals surface area contributed by atoms with Gasteiger partial charge < -0.3 is 71.1 Å². The number of imide groups is 5. The number of esters is 5. The highest BCUT2D eigenvalue weighted by molar-refractivity contribution is 6.04. The van der Waals surface area contributed by atoms with Gasteiger partial charge in [0.15, 0.2) is 0 Å². The number of hydrogen-bond acceptors (Lipinski definition) is 40. The normalized spacial score (nSPS) is 14.8. The van der Waals surface area contributed by atoms with Crippen LogP contribution in [0.1, 0.15) is 185 Å². The molecule has 0 aliphatic carbocycles. The van der Waals surface area contributed by atoms with Gasteiger partial charge >= 0.3 is 60.6 Å². The summed E-state index contributed by atoms with van der Waals surface area (Å²) in [7, 11) is 7.73. The molecule has 0 N–H and O–H groups in total. The number of nitrogens with zero attached hydrogens (tertiary/aromatic N) is 5. The predicted molar refractivity (Wildman–Crippen MR) is 473 cm³/mol. The number of methoxy groups -OCH3 is 5. The summed E-state index contributed by atoms with van der Waals surface area (Å²) in [4.78, 5) is 255. The number of hydrogen-bond donors (Lipinski definition) is 0. The van der Waals surface area contributed by atoms with Crippen molar-refractivity contribution in [2.45, 2.75) is 190 Å². The molecule has 0 aromatic heterocycles. The molecule has 45 nitrogen and oxygen atoms in total. The maximum absolute atomic E-state index is 12.4. The van der Waals surface area contributed by atoms with Gasteiger partial charge in [-0.3, -0.25) is 96.1 Å². The van der Waals surface area contributed by atoms with Gasteiger partial charge in [0, 0.05) is 113 Å². The summed E-state index contributed by atoms with van der Waals surface area (Å²) in [5.41, 5.74) is 3.05. The average molecular weight is 1970 g/mol. The van der Waals surface area contributed by atoms with E-state index < -0.39 is 102 Å². The lowest BCUT2D eigenvalue weighted by Crippen LogP contribution is -2.32. The molecule has 5 saturated heterocycles. The Kier molecular flexibility index (Phi) is 49.5. The van der Waals surface area contributed by atoms with E-state index in [1.54, 1.807) is 157 Å². The molecule has 0 spiro atoms. The van der Waals surface area contributed by atoms with Crippen molar-refractivity contribution in [1.82, 2.24) is 25.3 Å². The molecule has 0 saturated carbocycles. The van der Waals surface area contributed by atoms with Crippen LogP contribution in [0.25, 0.3) is 0 Å². The zero-order valence-corrected chi connectivity index (χ0v) is 79.4. The number of benzene rings is 5. The Morgan fingerprint density at radius 1 is 0.264 bits per heavy atom. The fraction of sp³-hybridized carbons (Fsp3) is 0.474. The standard InChI is InChI=1S/C21H27NO8.C20H25NO8.C19H23NO8.C18H21NO8.C17H19NO8/c1-3-4-5-16(12-13-27-2)20(25)29-17-8-6-15(7-9-17)14-28-21(26)30-22-18(23)10-11-19(22)24;1-3-4-5-15(13-26-2)19(24)28-16-8-6-14(7-9-16)12-27-20(25)29-21-17(22)10-11-18(21)23;1-12(2)15(11-25-3)18(23)27-14-6-4-13(5-7-14)10-26-19(24)28-20-16(21)8-9-17(20)22;1-12(9-10-24-2)17(22)26-14-5-3-13(4-6-14)11-25-18(23)27-19-15(20)7-8-16(19)21;1-11(9-23-2)16(21)25-13-5-3-12(4-6-13)10-24-17(22)26-18-14(19)7-8-15(18)20/h6-9,16H,3-5,10-14H2,1-2H3;6-9,15H,3-5,10-13H2,1-2H3;4-7,12,15H,8-11H2,1-3H3;3-6,12H,7-11H2,1-2H3;3-6,11H,7-10H2,1-2H3. The van der Waals surface area contributed by atoms with Crippen molar-refractivity contribution in [2.24, 2.45) is 35.5 Å². The molecule has 5 aliphatic rings. The number of unbranched alkanes of at least 4 members (excludes halogenated alkanes) is 2. The number of carbonyl (C=O) groups excluding carboxylic acids is 20. The van der Waals surface area contributed by atoms with Crippen molar-refractivity contribution in [3.8, 4) is 28.7 Å². The summed E-state index contributed by atoms with van der Waals surface area (Å²) >= 11 is 0. The molecule has 5 aliphatic heterocycles. The summed E-state index contributed by atoms with van der Waals surface area (Å²) in [6.45, 7) is 12.5. The maximum Gasteiger partial charge on any atom is 0.534 e. The molecule has 45 heteroatoms. The monoisotopic (exact) mass is 1970 g/mol. The van der Waals surface area contributed by atoms with Gasteiger partial charge in [0.2, 0.25) is 0 Å². The van der Waals surface area contributed by atoms with E-state index >= 15 is 0 Å². The van der Waals surface area contributed by atoms with Gasteiger partial charge in [-0.25, -0.2) is 24.0 Å². The first-order valence-corrected chi connectivity index (χ1v) is 44.5. The van der Waals surface area contributed by atoms with Gasteiger partial charge in [-0.15, -0.1) is 0 Å². The van der Waals surface area contributed by atoms with Crippen molar-refractivity contribution < 1.29 is 191 Å². The van der Waals surface area contributed by atoms with Crippen molar-refractivity contribution in [3.05, 3.63) is 149 Å². The zero-order valence-electron chi connectivity index (χ0n) is 79.4. The number of ether oxygens (including phenoxy) is 15. The largest absolute Gasteiger partial charge is 0.534 e. The molecular weight excluding hydrogens is 1850 g/mol. The van der Waals surface area contributed by atoms with Crippen LogP contribution in [0.5, 0.6) is 28.7 Å². The minimum Gasteiger partial charge on any atom is -0.428 e. The number of rotatable bonds is 44. The summed E-state index contributed by atoms with van der Waals surface area (Å²) in [5, 5.41) is 2.07. The first-order chi connectivity index (χ1) is 67.0. The molecule has 5 heterocycles. The molecular formula is C95H115N5O40. The van der Waals surface area contributed by atoms with E-state index in [4.69, 9.17) is 71.1 Å². The number of amides is 10. The first-order valence-electron chi connectivity index (χ1n) is 44.5. The summed E-state index contributed by atoms with van der Waals surface area (Å²) in [6.07, 6.45) is 0.753. The van der Waals surface area contributed by atoms with Crippen LogP contribution in [0.15, 0.2) is 121 Å². The van der Waals surface area contributed by atoms with Gasteiger partial charge in [-0.1, -0.05) is 146 Å². The highest BCUT2D eigenvalue weighted by atomic mass is 16.9. The van der Waals surface area contributed by atoms with Crippen LogP contribution >= 0.6 is 0 Å². The number of carbonyl (C=O) groups is 20. The van der Waals surface area contributed by atoms with Crippen molar-refractivity contribution in [3.63, 3.8) is 0 Å².